The van der Waals surface area contributed by atoms with Gasteiger partial charge in [-0.15, -0.1) is 0 Å². The first-order valence-electron chi connectivity index (χ1n) is 6.61. The van der Waals surface area contributed by atoms with E-state index in [2.05, 4.69) is 26.2 Å². The lowest BCUT2D eigenvalue weighted by atomic mass is 10.0. The highest BCUT2D eigenvalue weighted by Gasteiger charge is 2.23. The van der Waals surface area contributed by atoms with Crippen LogP contribution in [-0.2, 0) is 4.79 Å². The van der Waals surface area contributed by atoms with Gasteiger partial charge >= 0.3 is 0 Å². The second-order valence-corrected chi connectivity index (χ2v) is 5.85. The quantitative estimate of drug-likeness (QED) is 0.633. The number of anilines is 1. The molecule has 4 heteroatoms. The minimum absolute atomic E-state index is 0.0566. The first-order valence-corrected chi connectivity index (χ1v) is 7.41. The third kappa shape index (κ3) is 1.99. The maximum Gasteiger partial charge on any atom is 0.256 e. The van der Waals surface area contributed by atoms with Gasteiger partial charge in [-0.1, -0.05) is 34.1 Å². The highest BCUT2D eigenvalue weighted by molar-refractivity contribution is 9.10. The summed E-state index contributed by atoms with van der Waals surface area (Å²) < 4.78 is 1.01. The van der Waals surface area contributed by atoms with E-state index in [1.807, 2.05) is 54.7 Å². The third-order valence-corrected chi connectivity index (χ3v) is 4.32. The molecule has 0 saturated carbocycles. The van der Waals surface area contributed by atoms with Crippen molar-refractivity contribution in [1.82, 2.24) is 4.98 Å². The molecule has 0 saturated heterocycles. The number of H-pyrrole nitrogens is 1. The number of halogens is 1. The molecule has 0 bridgehead atoms. The highest BCUT2D eigenvalue weighted by atomic mass is 79.9. The molecule has 21 heavy (non-hydrogen) atoms. The van der Waals surface area contributed by atoms with Gasteiger partial charge in [0.2, 0.25) is 0 Å². The van der Waals surface area contributed by atoms with Crippen LogP contribution in [0.1, 0.15) is 11.1 Å². The normalized spacial score (nSPS) is 15.5. The van der Waals surface area contributed by atoms with E-state index < -0.39 is 0 Å². The monoisotopic (exact) mass is 338 g/mol. The lowest BCUT2D eigenvalue weighted by Gasteiger charge is -2.01. The van der Waals surface area contributed by atoms with Crippen LogP contribution in [0.4, 0.5) is 5.69 Å². The summed E-state index contributed by atoms with van der Waals surface area (Å²) in [6.45, 7) is 0. The number of carbonyl (C=O) groups is 1. The van der Waals surface area contributed by atoms with Crippen LogP contribution < -0.4 is 5.32 Å². The van der Waals surface area contributed by atoms with Crippen LogP contribution >= 0.6 is 15.9 Å². The highest BCUT2D eigenvalue weighted by Crippen LogP contribution is 2.34. The molecule has 1 aliphatic heterocycles. The number of aromatic amines is 1. The molecule has 1 aromatic heterocycles. The first kappa shape index (κ1) is 12.4. The Bertz CT molecular complexity index is 908. The van der Waals surface area contributed by atoms with Gasteiger partial charge in [0.15, 0.2) is 0 Å². The summed E-state index contributed by atoms with van der Waals surface area (Å²) in [6, 6.07) is 13.8. The molecular weight excluding hydrogens is 328 g/mol. The fraction of sp³-hybridized carbons (Fsp3) is 0. The predicted molar refractivity (Wildman–Crippen MR) is 88.9 cm³/mol. The Balaban J connectivity index is 1.88. The average molecular weight is 339 g/mol. The molecule has 2 heterocycles. The molecule has 4 rings (SSSR count). The van der Waals surface area contributed by atoms with Crippen LogP contribution in [0.25, 0.3) is 22.6 Å². The minimum atomic E-state index is -0.0566. The zero-order valence-corrected chi connectivity index (χ0v) is 12.6. The van der Waals surface area contributed by atoms with Crippen molar-refractivity contribution in [3.63, 3.8) is 0 Å². The van der Waals surface area contributed by atoms with Gasteiger partial charge in [0.05, 0.1) is 0 Å². The maximum absolute atomic E-state index is 12.1. The molecule has 3 nitrogen and oxygen atoms in total. The van der Waals surface area contributed by atoms with Gasteiger partial charge in [-0.3, -0.25) is 4.79 Å². The van der Waals surface area contributed by atoms with Crippen molar-refractivity contribution >= 4 is 50.1 Å². The number of benzene rings is 2. The zero-order chi connectivity index (χ0) is 14.4. The molecule has 0 unspecified atom stereocenters. The van der Waals surface area contributed by atoms with Gasteiger partial charge in [-0.2, -0.15) is 0 Å². The van der Waals surface area contributed by atoms with Gasteiger partial charge in [0.25, 0.3) is 5.91 Å². The van der Waals surface area contributed by atoms with E-state index in [1.54, 1.807) is 0 Å². The van der Waals surface area contributed by atoms with Gasteiger partial charge in [0.1, 0.15) is 0 Å². The van der Waals surface area contributed by atoms with E-state index in [0.717, 1.165) is 32.2 Å². The third-order valence-electron chi connectivity index (χ3n) is 3.66. The van der Waals surface area contributed by atoms with E-state index >= 15 is 0 Å². The van der Waals surface area contributed by atoms with E-state index in [9.17, 15) is 4.79 Å². The van der Waals surface area contributed by atoms with Gasteiger partial charge in [0, 0.05) is 38.4 Å². The van der Waals surface area contributed by atoms with Gasteiger partial charge in [-0.25, -0.2) is 0 Å². The summed E-state index contributed by atoms with van der Waals surface area (Å²) in [5, 5.41) is 4.02. The minimum Gasteiger partial charge on any atom is -0.361 e. The second-order valence-electron chi connectivity index (χ2n) is 5.00. The van der Waals surface area contributed by atoms with E-state index in [-0.39, 0.29) is 5.91 Å². The summed E-state index contributed by atoms with van der Waals surface area (Å²) in [5.74, 6) is -0.0566. The number of amides is 1. The SMILES string of the molecule is O=C1Nc2ccccc2/C1=C/c1cc(Br)c2cc[nH]c2c1. The summed E-state index contributed by atoms with van der Waals surface area (Å²) in [6.07, 6.45) is 3.83. The van der Waals surface area contributed by atoms with Crippen LogP contribution in [0.2, 0.25) is 0 Å². The molecule has 2 N–H and O–H groups in total. The summed E-state index contributed by atoms with van der Waals surface area (Å²) in [4.78, 5) is 15.3. The topological polar surface area (TPSA) is 44.9 Å². The van der Waals surface area contributed by atoms with Crippen LogP contribution in [0.3, 0.4) is 0 Å². The number of carbonyl (C=O) groups excluding carboxylic acids is 1. The van der Waals surface area contributed by atoms with Crippen molar-refractivity contribution < 1.29 is 4.79 Å². The molecule has 0 fully saturated rings. The molecule has 0 atom stereocenters. The summed E-state index contributed by atoms with van der Waals surface area (Å²) in [7, 11) is 0. The molecule has 0 spiro atoms. The molecule has 0 radical (unpaired) electrons. The lowest BCUT2D eigenvalue weighted by molar-refractivity contribution is -0.110. The number of rotatable bonds is 1. The fourth-order valence-electron chi connectivity index (χ4n) is 2.67. The Kier molecular flexibility index (Phi) is 2.72. The molecule has 1 amide bonds. The number of nitrogens with one attached hydrogen (secondary N) is 2. The Morgan fingerprint density at radius 2 is 1.95 bits per heavy atom. The average Bonchev–Trinajstić information content (AvgIpc) is 3.05. The number of hydrogen-bond donors (Lipinski definition) is 2. The van der Waals surface area contributed by atoms with E-state index in [1.165, 1.54) is 0 Å². The van der Waals surface area contributed by atoms with Crippen molar-refractivity contribution in [2.75, 3.05) is 5.32 Å². The Morgan fingerprint density at radius 1 is 1.10 bits per heavy atom. The maximum atomic E-state index is 12.1. The van der Waals surface area contributed by atoms with Crippen molar-refractivity contribution in [2.45, 2.75) is 0 Å². The van der Waals surface area contributed by atoms with Crippen LogP contribution in [0, 0.1) is 0 Å². The Labute approximate surface area is 129 Å². The number of fused-ring (bicyclic) bond motifs is 2. The molecule has 1 aliphatic rings. The largest absolute Gasteiger partial charge is 0.361 e. The van der Waals surface area contributed by atoms with Crippen molar-refractivity contribution in [1.29, 1.82) is 0 Å². The fourth-order valence-corrected chi connectivity index (χ4v) is 3.28. The van der Waals surface area contributed by atoms with Crippen molar-refractivity contribution in [3.05, 3.63) is 64.3 Å². The Morgan fingerprint density at radius 3 is 2.86 bits per heavy atom. The van der Waals surface area contributed by atoms with E-state index in [4.69, 9.17) is 0 Å². The molecule has 3 aromatic rings. The second kappa shape index (κ2) is 4.60. The summed E-state index contributed by atoms with van der Waals surface area (Å²) in [5.41, 5.74) is 4.55. The number of hydrogen-bond acceptors (Lipinski definition) is 1. The standard InChI is InChI=1S/C17H11BrN2O/c18-14-8-10(9-16-12(14)5-6-19-16)7-13-11-3-1-2-4-15(11)20-17(13)21/h1-9,19H,(H,20,21)/b13-7-. The van der Waals surface area contributed by atoms with Crippen LogP contribution in [0.5, 0.6) is 0 Å². The van der Waals surface area contributed by atoms with Crippen LogP contribution in [0.15, 0.2) is 53.1 Å². The number of para-hydroxylation sites is 1. The Hall–Kier alpha value is -2.33. The summed E-state index contributed by atoms with van der Waals surface area (Å²) >= 11 is 3.57. The van der Waals surface area contributed by atoms with Crippen molar-refractivity contribution in [3.8, 4) is 0 Å². The molecule has 0 aliphatic carbocycles. The van der Waals surface area contributed by atoms with Crippen LogP contribution in [-0.4, -0.2) is 10.9 Å². The smallest absolute Gasteiger partial charge is 0.256 e. The predicted octanol–water partition coefficient (Wildman–Crippen LogP) is 4.42. The van der Waals surface area contributed by atoms with Crippen molar-refractivity contribution in [2.24, 2.45) is 0 Å². The molecule has 2 aromatic carbocycles. The van der Waals surface area contributed by atoms with E-state index in [0.29, 0.717) is 5.57 Å². The molecular formula is C17H11BrN2O. The first-order chi connectivity index (χ1) is 10.2. The molecule has 102 valence electrons. The lowest BCUT2D eigenvalue weighted by Crippen LogP contribution is -2.03. The van der Waals surface area contributed by atoms with Gasteiger partial charge < -0.3 is 10.3 Å². The number of aromatic nitrogens is 1. The van der Waals surface area contributed by atoms with Gasteiger partial charge in [-0.05, 0) is 35.9 Å². The zero-order valence-electron chi connectivity index (χ0n) is 11.0.